The van der Waals surface area contributed by atoms with Crippen LogP contribution in [0.2, 0.25) is 0 Å². The first-order valence-electron chi connectivity index (χ1n) is 9.37. The molecule has 5 heteroatoms. The number of para-hydroxylation sites is 6. The van der Waals surface area contributed by atoms with Crippen molar-refractivity contribution in [2.75, 3.05) is 10.6 Å². The topological polar surface area (TPSA) is 51.8 Å². The number of nitrogens with one attached hydrogen (secondary N) is 2. The lowest BCUT2D eigenvalue weighted by Crippen LogP contribution is -2.06. The molecule has 2 aliphatic rings. The average Bonchev–Trinajstić information content (AvgIpc) is 2.77. The molecule has 4 aromatic carbocycles. The monoisotopic (exact) mass is 380 g/mol. The van der Waals surface area contributed by atoms with Crippen LogP contribution in [0.15, 0.2) is 84.9 Å². The van der Waals surface area contributed by atoms with Gasteiger partial charge in [0.05, 0.1) is 11.4 Å². The van der Waals surface area contributed by atoms with Crippen LogP contribution in [0, 0.1) is 0 Å². The van der Waals surface area contributed by atoms with E-state index in [1.807, 2.05) is 84.9 Å². The van der Waals surface area contributed by atoms with E-state index in [4.69, 9.17) is 14.2 Å². The Bertz CT molecular complexity index is 1160. The Labute approximate surface area is 167 Å². The maximum Gasteiger partial charge on any atom is 0.154 e. The molecule has 0 aliphatic carbocycles. The lowest BCUT2D eigenvalue weighted by atomic mass is 10.2. The zero-order valence-electron chi connectivity index (χ0n) is 15.3. The molecule has 0 atom stereocenters. The summed E-state index contributed by atoms with van der Waals surface area (Å²) in [5.74, 6) is 4.38. The van der Waals surface area contributed by atoms with Crippen LogP contribution in [0.1, 0.15) is 0 Å². The summed E-state index contributed by atoms with van der Waals surface area (Å²) < 4.78 is 18.4. The molecule has 0 saturated heterocycles. The lowest BCUT2D eigenvalue weighted by Gasteiger charge is -2.26. The van der Waals surface area contributed by atoms with Gasteiger partial charge in [0, 0.05) is 0 Å². The summed E-state index contributed by atoms with van der Waals surface area (Å²) in [6.45, 7) is 0. The standard InChI is InChI=1S/C24H16N2O3/c1-3-9-17-15(7-1)25-23-19(27-17)11-5-13-21(23)29-22-14-6-12-20-24(22)26-16-8-2-4-10-18(16)28-20/h1-14,25-26H. The SMILES string of the molecule is c1ccc2c(c1)Nc1c(cccc1Oc1cccc3c1Nc1ccccc1O3)O2. The molecule has 6 rings (SSSR count). The summed E-state index contributed by atoms with van der Waals surface area (Å²) in [6.07, 6.45) is 0. The highest BCUT2D eigenvalue weighted by Gasteiger charge is 2.23. The number of ether oxygens (including phenoxy) is 3. The van der Waals surface area contributed by atoms with Crippen LogP contribution >= 0.6 is 0 Å². The molecule has 0 radical (unpaired) electrons. The second-order valence-corrected chi connectivity index (χ2v) is 6.81. The second-order valence-electron chi connectivity index (χ2n) is 6.81. The molecule has 2 aliphatic heterocycles. The molecule has 0 amide bonds. The van der Waals surface area contributed by atoms with Crippen molar-refractivity contribution in [1.29, 1.82) is 0 Å². The van der Waals surface area contributed by atoms with E-state index >= 15 is 0 Å². The number of rotatable bonds is 2. The summed E-state index contributed by atoms with van der Waals surface area (Å²) in [5.41, 5.74) is 3.39. The van der Waals surface area contributed by atoms with E-state index < -0.39 is 0 Å². The predicted octanol–water partition coefficient (Wildman–Crippen LogP) is 7.18. The number of fused-ring (bicyclic) bond motifs is 4. The summed E-state index contributed by atoms with van der Waals surface area (Å²) in [6, 6.07) is 27.2. The molecule has 140 valence electrons. The second kappa shape index (κ2) is 6.21. The van der Waals surface area contributed by atoms with Crippen molar-refractivity contribution in [3.8, 4) is 34.5 Å². The fourth-order valence-electron chi connectivity index (χ4n) is 3.55. The zero-order valence-corrected chi connectivity index (χ0v) is 15.3. The lowest BCUT2D eigenvalue weighted by molar-refractivity contribution is 0.452. The van der Waals surface area contributed by atoms with E-state index in [2.05, 4.69) is 10.6 Å². The van der Waals surface area contributed by atoms with Gasteiger partial charge in [0.2, 0.25) is 0 Å². The summed E-state index contributed by atoms with van der Waals surface area (Å²) in [7, 11) is 0. The van der Waals surface area contributed by atoms with E-state index in [9.17, 15) is 0 Å². The van der Waals surface area contributed by atoms with Crippen LogP contribution in [0.5, 0.6) is 34.5 Å². The molecule has 0 fully saturated rings. The van der Waals surface area contributed by atoms with Gasteiger partial charge in [-0.05, 0) is 48.5 Å². The van der Waals surface area contributed by atoms with E-state index in [1.54, 1.807) is 0 Å². The van der Waals surface area contributed by atoms with Crippen molar-refractivity contribution in [2.45, 2.75) is 0 Å². The Balaban J connectivity index is 1.38. The predicted molar refractivity (Wildman–Crippen MR) is 113 cm³/mol. The van der Waals surface area contributed by atoms with Crippen LogP contribution in [0.25, 0.3) is 0 Å². The Morgan fingerprint density at radius 3 is 1.45 bits per heavy atom. The van der Waals surface area contributed by atoms with Gasteiger partial charge in [-0.2, -0.15) is 0 Å². The minimum atomic E-state index is 0.672. The van der Waals surface area contributed by atoms with E-state index in [-0.39, 0.29) is 0 Å². The zero-order chi connectivity index (χ0) is 19.2. The smallest absolute Gasteiger partial charge is 0.154 e. The summed E-state index contributed by atoms with van der Waals surface area (Å²) in [4.78, 5) is 0. The molecular formula is C24H16N2O3. The van der Waals surface area contributed by atoms with Crippen LogP contribution in [-0.2, 0) is 0 Å². The Morgan fingerprint density at radius 2 is 0.931 bits per heavy atom. The largest absolute Gasteiger partial charge is 0.453 e. The van der Waals surface area contributed by atoms with Gasteiger partial charge in [-0.1, -0.05) is 36.4 Å². The molecule has 0 unspecified atom stereocenters. The fraction of sp³-hybridized carbons (Fsp3) is 0. The summed E-state index contributed by atoms with van der Waals surface area (Å²) >= 11 is 0. The first-order valence-corrected chi connectivity index (χ1v) is 9.37. The Morgan fingerprint density at radius 1 is 0.483 bits per heavy atom. The van der Waals surface area contributed by atoms with Crippen molar-refractivity contribution in [1.82, 2.24) is 0 Å². The van der Waals surface area contributed by atoms with Gasteiger partial charge in [-0.25, -0.2) is 0 Å². The number of benzene rings is 4. The maximum absolute atomic E-state index is 6.32. The third kappa shape index (κ3) is 2.63. The minimum Gasteiger partial charge on any atom is -0.453 e. The van der Waals surface area contributed by atoms with Gasteiger partial charge in [-0.15, -0.1) is 0 Å². The fourth-order valence-corrected chi connectivity index (χ4v) is 3.55. The van der Waals surface area contributed by atoms with E-state index in [0.29, 0.717) is 11.5 Å². The molecule has 4 aromatic rings. The third-order valence-corrected chi connectivity index (χ3v) is 4.93. The highest BCUT2D eigenvalue weighted by molar-refractivity contribution is 5.82. The quantitative estimate of drug-likeness (QED) is 0.333. The van der Waals surface area contributed by atoms with Gasteiger partial charge >= 0.3 is 0 Å². The molecule has 0 aromatic heterocycles. The highest BCUT2D eigenvalue weighted by atomic mass is 16.5. The van der Waals surface area contributed by atoms with Gasteiger partial charge in [0.15, 0.2) is 34.5 Å². The molecule has 29 heavy (non-hydrogen) atoms. The van der Waals surface area contributed by atoms with Gasteiger partial charge in [0.25, 0.3) is 0 Å². The van der Waals surface area contributed by atoms with Crippen LogP contribution < -0.4 is 24.8 Å². The van der Waals surface area contributed by atoms with E-state index in [1.165, 1.54) is 0 Å². The number of hydrogen-bond acceptors (Lipinski definition) is 5. The molecule has 0 spiro atoms. The van der Waals surface area contributed by atoms with Gasteiger partial charge in [-0.3, -0.25) is 0 Å². The minimum absolute atomic E-state index is 0.672. The third-order valence-electron chi connectivity index (χ3n) is 4.93. The van der Waals surface area contributed by atoms with Gasteiger partial charge < -0.3 is 24.8 Å². The Hall–Kier alpha value is -4.12. The van der Waals surface area contributed by atoms with Crippen LogP contribution in [0.3, 0.4) is 0 Å². The molecule has 5 nitrogen and oxygen atoms in total. The van der Waals surface area contributed by atoms with Crippen LogP contribution in [-0.4, -0.2) is 0 Å². The van der Waals surface area contributed by atoms with Crippen molar-refractivity contribution >= 4 is 22.7 Å². The van der Waals surface area contributed by atoms with Crippen molar-refractivity contribution in [2.24, 2.45) is 0 Å². The van der Waals surface area contributed by atoms with Crippen molar-refractivity contribution < 1.29 is 14.2 Å². The van der Waals surface area contributed by atoms with Crippen molar-refractivity contribution in [3.05, 3.63) is 84.9 Å². The Kier molecular flexibility index (Phi) is 3.40. The molecule has 2 N–H and O–H groups in total. The molecular weight excluding hydrogens is 364 g/mol. The summed E-state index contributed by atoms with van der Waals surface area (Å²) in [5, 5.41) is 6.85. The molecule has 2 heterocycles. The number of hydrogen-bond donors (Lipinski definition) is 2. The normalized spacial score (nSPS) is 12.6. The number of anilines is 4. The van der Waals surface area contributed by atoms with Crippen molar-refractivity contribution in [3.63, 3.8) is 0 Å². The first kappa shape index (κ1) is 15.9. The van der Waals surface area contributed by atoms with Crippen LogP contribution in [0.4, 0.5) is 22.7 Å². The van der Waals surface area contributed by atoms with E-state index in [0.717, 1.165) is 45.7 Å². The first-order chi connectivity index (χ1) is 14.3. The average molecular weight is 380 g/mol. The highest BCUT2D eigenvalue weighted by Crippen LogP contribution is 2.50. The van der Waals surface area contributed by atoms with Gasteiger partial charge in [0.1, 0.15) is 11.4 Å². The molecule has 0 bridgehead atoms. The molecule has 0 saturated carbocycles. The maximum atomic E-state index is 6.32.